The molecule has 1 atom stereocenters. The van der Waals surface area contributed by atoms with E-state index in [1.807, 2.05) is 6.92 Å². The molecule has 6 nitrogen and oxygen atoms in total. The first-order valence-corrected chi connectivity index (χ1v) is 5.60. The van der Waals surface area contributed by atoms with Crippen LogP contribution in [0.2, 0.25) is 0 Å². The number of hydrogen-bond acceptors (Lipinski definition) is 4. The lowest BCUT2D eigenvalue weighted by atomic mass is 10.1. The van der Waals surface area contributed by atoms with Gasteiger partial charge in [-0.2, -0.15) is 0 Å². The monoisotopic (exact) mass is 250 g/mol. The van der Waals surface area contributed by atoms with Gasteiger partial charge in [-0.05, 0) is 18.6 Å². The molecule has 0 aliphatic carbocycles. The average molecular weight is 250 g/mol. The lowest BCUT2D eigenvalue weighted by molar-refractivity contribution is 0.0785. The number of nitrogens with two attached hydrogens (primary N) is 1. The van der Waals surface area contributed by atoms with E-state index in [4.69, 9.17) is 10.9 Å². The fraction of sp³-hybridized carbons (Fsp3) is 0.417. The van der Waals surface area contributed by atoms with Crippen LogP contribution in [0, 0.1) is 12.8 Å². The van der Waals surface area contributed by atoms with Gasteiger partial charge in [0, 0.05) is 31.9 Å². The molecular weight excluding hydrogens is 232 g/mol. The van der Waals surface area contributed by atoms with Crippen LogP contribution in [0.5, 0.6) is 0 Å². The van der Waals surface area contributed by atoms with Crippen molar-refractivity contribution >= 4 is 11.7 Å². The van der Waals surface area contributed by atoms with Crippen molar-refractivity contribution in [1.82, 2.24) is 9.88 Å². The van der Waals surface area contributed by atoms with Crippen LogP contribution in [0.15, 0.2) is 23.6 Å². The van der Waals surface area contributed by atoms with Gasteiger partial charge in [-0.15, -0.1) is 0 Å². The Balaban J connectivity index is 2.73. The topological polar surface area (TPSA) is 91.8 Å². The van der Waals surface area contributed by atoms with E-state index in [1.54, 1.807) is 26.2 Å². The van der Waals surface area contributed by atoms with Crippen molar-refractivity contribution in [3.63, 3.8) is 0 Å². The van der Waals surface area contributed by atoms with E-state index >= 15 is 0 Å². The number of oxime groups is 1. The second-order valence-electron chi connectivity index (χ2n) is 4.36. The Labute approximate surface area is 106 Å². The van der Waals surface area contributed by atoms with Crippen molar-refractivity contribution in [1.29, 1.82) is 0 Å². The van der Waals surface area contributed by atoms with Gasteiger partial charge in [-0.3, -0.25) is 9.78 Å². The molecule has 98 valence electrons. The first kappa shape index (κ1) is 14.0. The standard InChI is InChI=1S/C12H18N4O2/c1-8-4-10(6-14-5-8)12(17)16(3)7-9(2)11(13)15-18/h4-6,9,18H,7H2,1-3H3,(H2,13,15). The molecule has 1 aromatic heterocycles. The van der Waals surface area contributed by atoms with Crippen molar-refractivity contribution in [3.8, 4) is 0 Å². The fourth-order valence-electron chi connectivity index (χ4n) is 1.58. The molecule has 0 fully saturated rings. The third-order valence-corrected chi connectivity index (χ3v) is 2.64. The Morgan fingerprint density at radius 1 is 1.61 bits per heavy atom. The summed E-state index contributed by atoms with van der Waals surface area (Å²) in [5.74, 6) is -0.234. The van der Waals surface area contributed by atoms with E-state index in [0.29, 0.717) is 12.1 Å². The van der Waals surface area contributed by atoms with Crippen LogP contribution in [0.3, 0.4) is 0 Å². The van der Waals surface area contributed by atoms with Gasteiger partial charge in [0.2, 0.25) is 0 Å². The smallest absolute Gasteiger partial charge is 0.255 e. The number of aromatic nitrogens is 1. The SMILES string of the molecule is Cc1cncc(C(=O)N(C)CC(C)C(N)=NO)c1. The zero-order valence-corrected chi connectivity index (χ0v) is 10.8. The highest BCUT2D eigenvalue weighted by atomic mass is 16.4. The summed E-state index contributed by atoms with van der Waals surface area (Å²) < 4.78 is 0. The van der Waals surface area contributed by atoms with E-state index in [9.17, 15) is 4.79 Å². The quantitative estimate of drug-likeness (QED) is 0.358. The highest BCUT2D eigenvalue weighted by Crippen LogP contribution is 2.07. The van der Waals surface area contributed by atoms with E-state index in [2.05, 4.69) is 10.1 Å². The molecule has 1 heterocycles. The molecule has 0 saturated heterocycles. The minimum Gasteiger partial charge on any atom is -0.409 e. The highest BCUT2D eigenvalue weighted by Gasteiger charge is 2.17. The number of hydrogen-bond donors (Lipinski definition) is 2. The summed E-state index contributed by atoms with van der Waals surface area (Å²) in [6.45, 7) is 4.04. The zero-order chi connectivity index (χ0) is 13.7. The molecule has 1 amide bonds. The van der Waals surface area contributed by atoms with Gasteiger partial charge in [0.15, 0.2) is 0 Å². The van der Waals surface area contributed by atoms with Crippen LogP contribution >= 0.6 is 0 Å². The van der Waals surface area contributed by atoms with Crippen LogP contribution in [0.1, 0.15) is 22.8 Å². The third-order valence-electron chi connectivity index (χ3n) is 2.64. The third kappa shape index (κ3) is 3.44. The van der Waals surface area contributed by atoms with Gasteiger partial charge in [-0.1, -0.05) is 12.1 Å². The van der Waals surface area contributed by atoms with Crippen LogP contribution in [0.4, 0.5) is 0 Å². The van der Waals surface area contributed by atoms with Crippen LogP contribution in [0.25, 0.3) is 0 Å². The molecule has 0 saturated carbocycles. The number of nitrogens with zero attached hydrogens (tertiary/aromatic N) is 3. The molecular formula is C12H18N4O2. The van der Waals surface area contributed by atoms with Gasteiger partial charge in [0.25, 0.3) is 5.91 Å². The van der Waals surface area contributed by atoms with Gasteiger partial charge in [-0.25, -0.2) is 0 Å². The predicted molar refractivity (Wildman–Crippen MR) is 68.5 cm³/mol. The normalized spacial score (nSPS) is 13.2. The van der Waals surface area contributed by atoms with Crippen molar-refractivity contribution in [3.05, 3.63) is 29.6 Å². The number of amidine groups is 1. The van der Waals surface area contributed by atoms with Gasteiger partial charge in [0.1, 0.15) is 5.84 Å². The van der Waals surface area contributed by atoms with Crippen LogP contribution in [-0.2, 0) is 0 Å². The summed E-state index contributed by atoms with van der Waals surface area (Å²) in [6, 6.07) is 1.78. The molecule has 18 heavy (non-hydrogen) atoms. The number of carbonyl (C=O) groups is 1. The maximum atomic E-state index is 12.1. The van der Waals surface area contributed by atoms with Crippen LogP contribution in [-0.4, -0.2) is 40.4 Å². The Hall–Kier alpha value is -2.11. The minimum atomic E-state index is -0.207. The van der Waals surface area contributed by atoms with Crippen molar-refractivity contribution < 1.29 is 10.0 Å². The second-order valence-corrected chi connectivity index (χ2v) is 4.36. The minimum absolute atomic E-state index is 0.108. The average Bonchev–Trinajstić information content (AvgIpc) is 2.36. The molecule has 1 unspecified atom stereocenters. The van der Waals surface area contributed by atoms with Crippen molar-refractivity contribution in [2.45, 2.75) is 13.8 Å². The Kier molecular flexibility index (Phi) is 4.65. The molecule has 0 spiro atoms. The number of aryl methyl sites for hydroxylation is 1. The first-order valence-electron chi connectivity index (χ1n) is 5.60. The summed E-state index contributed by atoms with van der Waals surface area (Å²) in [7, 11) is 1.67. The molecule has 0 bridgehead atoms. The number of carbonyl (C=O) groups excluding carboxylic acids is 1. The summed E-state index contributed by atoms with van der Waals surface area (Å²) in [6.07, 6.45) is 3.22. The van der Waals surface area contributed by atoms with Crippen molar-refractivity contribution in [2.75, 3.05) is 13.6 Å². The molecule has 0 aromatic carbocycles. The van der Waals surface area contributed by atoms with Crippen molar-refractivity contribution in [2.24, 2.45) is 16.8 Å². The maximum absolute atomic E-state index is 12.1. The maximum Gasteiger partial charge on any atom is 0.255 e. The summed E-state index contributed by atoms with van der Waals surface area (Å²) in [4.78, 5) is 17.6. The largest absolute Gasteiger partial charge is 0.409 e. The second kappa shape index (κ2) is 6.00. The van der Waals surface area contributed by atoms with Gasteiger partial charge >= 0.3 is 0 Å². The number of pyridine rings is 1. The van der Waals surface area contributed by atoms with Crippen LogP contribution < -0.4 is 5.73 Å². The molecule has 1 rings (SSSR count). The lowest BCUT2D eigenvalue weighted by Crippen LogP contribution is -2.36. The summed E-state index contributed by atoms with van der Waals surface area (Å²) in [5.41, 5.74) is 6.94. The molecule has 6 heteroatoms. The van der Waals surface area contributed by atoms with E-state index in [0.717, 1.165) is 5.56 Å². The summed E-state index contributed by atoms with van der Waals surface area (Å²) in [5, 5.41) is 11.5. The molecule has 0 radical (unpaired) electrons. The first-order chi connectivity index (χ1) is 8.45. The van der Waals surface area contributed by atoms with E-state index in [-0.39, 0.29) is 17.7 Å². The molecule has 3 N–H and O–H groups in total. The molecule has 0 aliphatic rings. The number of rotatable bonds is 4. The summed E-state index contributed by atoms with van der Waals surface area (Å²) >= 11 is 0. The Bertz CT molecular complexity index is 459. The zero-order valence-electron chi connectivity index (χ0n) is 10.8. The Morgan fingerprint density at radius 2 is 2.28 bits per heavy atom. The lowest BCUT2D eigenvalue weighted by Gasteiger charge is -2.20. The number of amides is 1. The highest BCUT2D eigenvalue weighted by molar-refractivity contribution is 5.94. The predicted octanol–water partition coefficient (Wildman–Crippen LogP) is 0.845. The molecule has 0 aliphatic heterocycles. The molecule has 1 aromatic rings. The van der Waals surface area contributed by atoms with E-state index < -0.39 is 0 Å². The Morgan fingerprint density at radius 3 is 2.83 bits per heavy atom. The van der Waals surface area contributed by atoms with Gasteiger partial charge < -0.3 is 15.8 Å². The fourth-order valence-corrected chi connectivity index (χ4v) is 1.58. The van der Waals surface area contributed by atoms with Gasteiger partial charge in [0.05, 0.1) is 5.56 Å². The van der Waals surface area contributed by atoms with E-state index in [1.165, 1.54) is 11.1 Å².